The van der Waals surface area contributed by atoms with E-state index >= 15 is 0 Å². The first-order chi connectivity index (χ1) is 11.6. The number of nitrogens with one attached hydrogen (secondary N) is 1. The lowest BCUT2D eigenvalue weighted by Crippen LogP contribution is -2.40. The molecule has 1 aromatic carbocycles. The number of carbonyl (C=O) groups is 2. The van der Waals surface area contributed by atoms with Crippen LogP contribution < -0.4 is 10.1 Å². The Morgan fingerprint density at radius 1 is 1.50 bits per heavy atom. The minimum absolute atomic E-state index is 0.264. The van der Waals surface area contributed by atoms with Gasteiger partial charge in [0.2, 0.25) is 0 Å². The van der Waals surface area contributed by atoms with E-state index < -0.39 is 17.9 Å². The summed E-state index contributed by atoms with van der Waals surface area (Å²) in [6.07, 6.45) is 3.71. The van der Waals surface area contributed by atoms with Crippen LogP contribution in [0.4, 0.5) is 0 Å². The van der Waals surface area contributed by atoms with Gasteiger partial charge in [-0.15, -0.1) is 11.7 Å². The SMILES string of the molecule is C=CCCC(NC(=O)c1ccc(OC)c(-n2cnnn2)c1)C(=O)O. The molecule has 1 heterocycles. The molecule has 1 aromatic heterocycles. The molecule has 1 unspecified atom stereocenters. The minimum Gasteiger partial charge on any atom is -0.494 e. The number of amides is 1. The Balaban J connectivity index is 2.24. The molecule has 9 heteroatoms. The summed E-state index contributed by atoms with van der Waals surface area (Å²) in [5, 5.41) is 22.5. The van der Waals surface area contributed by atoms with E-state index in [0.717, 1.165) is 0 Å². The number of carbonyl (C=O) groups excluding carboxylic acids is 1. The second kappa shape index (κ2) is 7.86. The van der Waals surface area contributed by atoms with Crippen LogP contribution in [0.2, 0.25) is 0 Å². The first kappa shape index (κ1) is 17.1. The molecule has 9 nitrogen and oxygen atoms in total. The van der Waals surface area contributed by atoms with E-state index in [1.807, 2.05) is 0 Å². The van der Waals surface area contributed by atoms with Crippen molar-refractivity contribution in [2.45, 2.75) is 18.9 Å². The maximum atomic E-state index is 12.3. The van der Waals surface area contributed by atoms with Gasteiger partial charge in [-0.2, -0.15) is 4.68 Å². The van der Waals surface area contributed by atoms with Crippen LogP contribution in [-0.2, 0) is 4.79 Å². The third-order valence-electron chi connectivity index (χ3n) is 3.30. The second-order valence-corrected chi connectivity index (χ2v) is 4.87. The van der Waals surface area contributed by atoms with Gasteiger partial charge in [0.05, 0.1) is 7.11 Å². The van der Waals surface area contributed by atoms with Crippen LogP contribution in [0.3, 0.4) is 0 Å². The highest BCUT2D eigenvalue weighted by Crippen LogP contribution is 2.23. The fourth-order valence-corrected chi connectivity index (χ4v) is 2.07. The molecule has 1 atom stereocenters. The van der Waals surface area contributed by atoms with E-state index in [1.165, 1.54) is 30.3 Å². The molecule has 0 aliphatic heterocycles. The van der Waals surface area contributed by atoms with Crippen molar-refractivity contribution in [3.8, 4) is 11.4 Å². The average Bonchev–Trinajstić information content (AvgIpc) is 3.11. The van der Waals surface area contributed by atoms with Crippen LogP contribution in [0.5, 0.6) is 5.75 Å². The van der Waals surface area contributed by atoms with Crippen molar-refractivity contribution >= 4 is 11.9 Å². The van der Waals surface area contributed by atoms with Crippen LogP contribution in [0.25, 0.3) is 5.69 Å². The molecule has 0 fully saturated rings. The molecule has 2 aromatic rings. The highest BCUT2D eigenvalue weighted by atomic mass is 16.5. The molecule has 1 amide bonds. The Morgan fingerprint density at radius 2 is 2.29 bits per heavy atom. The minimum atomic E-state index is -1.10. The summed E-state index contributed by atoms with van der Waals surface area (Å²) in [5.74, 6) is -1.14. The molecule has 0 aliphatic carbocycles. The van der Waals surface area contributed by atoms with E-state index in [4.69, 9.17) is 4.74 Å². The molecule has 0 bridgehead atoms. The van der Waals surface area contributed by atoms with Gasteiger partial charge in [0, 0.05) is 5.56 Å². The van der Waals surface area contributed by atoms with Gasteiger partial charge in [-0.1, -0.05) is 6.08 Å². The standard InChI is InChI=1S/C15H17N5O4/c1-3-4-5-11(15(22)23)17-14(21)10-6-7-13(24-2)12(8-10)20-9-16-18-19-20/h3,6-9,11H,1,4-5H2,2H3,(H,17,21)(H,22,23). The van der Waals surface area contributed by atoms with Crippen LogP contribution in [0.1, 0.15) is 23.2 Å². The van der Waals surface area contributed by atoms with Gasteiger partial charge in [0.15, 0.2) is 0 Å². The number of hydrogen-bond acceptors (Lipinski definition) is 6. The van der Waals surface area contributed by atoms with Gasteiger partial charge >= 0.3 is 5.97 Å². The monoisotopic (exact) mass is 331 g/mol. The topological polar surface area (TPSA) is 119 Å². The highest BCUT2D eigenvalue weighted by Gasteiger charge is 2.21. The molecule has 0 saturated heterocycles. The van der Waals surface area contributed by atoms with Gasteiger partial charge in [-0.25, -0.2) is 4.79 Å². The lowest BCUT2D eigenvalue weighted by Gasteiger charge is -2.15. The van der Waals surface area contributed by atoms with Crippen molar-refractivity contribution in [2.75, 3.05) is 7.11 Å². The summed E-state index contributed by atoms with van der Waals surface area (Å²) in [4.78, 5) is 23.6. The third-order valence-corrected chi connectivity index (χ3v) is 3.30. The number of carboxylic acid groups (broad SMARTS) is 1. The summed E-state index contributed by atoms with van der Waals surface area (Å²) in [6, 6.07) is 3.66. The van der Waals surface area contributed by atoms with Gasteiger partial charge in [-0.3, -0.25) is 4.79 Å². The number of allylic oxidation sites excluding steroid dienone is 1. The average molecular weight is 331 g/mol. The number of hydrogen-bond donors (Lipinski definition) is 2. The van der Waals surface area contributed by atoms with E-state index in [-0.39, 0.29) is 12.0 Å². The smallest absolute Gasteiger partial charge is 0.326 e. The number of nitrogens with zero attached hydrogens (tertiary/aromatic N) is 4. The van der Waals surface area contributed by atoms with E-state index in [1.54, 1.807) is 12.1 Å². The summed E-state index contributed by atoms with van der Waals surface area (Å²) in [7, 11) is 1.48. The maximum absolute atomic E-state index is 12.3. The molecule has 126 valence electrons. The summed E-state index contributed by atoms with van der Waals surface area (Å²) in [5.41, 5.74) is 0.735. The van der Waals surface area contributed by atoms with Crippen LogP contribution in [0, 0.1) is 0 Å². The quantitative estimate of drug-likeness (QED) is 0.687. The molecule has 0 radical (unpaired) electrons. The zero-order chi connectivity index (χ0) is 17.5. The Hall–Kier alpha value is -3.23. The number of ether oxygens (including phenoxy) is 1. The fourth-order valence-electron chi connectivity index (χ4n) is 2.07. The van der Waals surface area contributed by atoms with Crippen LogP contribution in [0.15, 0.2) is 37.2 Å². The molecule has 0 aliphatic rings. The zero-order valence-electron chi connectivity index (χ0n) is 13.0. The maximum Gasteiger partial charge on any atom is 0.326 e. The number of rotatable bonds is 8. The Morgan fingerprint density at radius 3 is 2.88 bits per heavy atom. The Labute approximate surface area is 137 Å². The van der Waals surface area contributed by atoms with E-state index in [2.05, 4.69) is 27.4 Å². The molecular weight excluding hydrogens is 314 g/mol. The molecule has 0 saturated carbocycles. The summed E-state index contributed by atoms with van der Waals surface area (Å²) >= 11 is 0. The summed E-state index contributed by atoms with van der Waals surface area (Å²) < 4.78 is 6.57. The number of tetrazole rings is 1. The lowest BCUT2D eigenvalue weighted by atomic mass is 10.1. The molecule has 24 heavy (non-hydrogen) atoms. The van der Waals surface area contributed by atoms with E-state index in [9.17, 15) is 14.7 Å². The van der Waals surface area contributed by atoms with Crippen molar-refractivity contribution in [1.82, 2.24) is 25.5 Å². The number of aromatic nitrogens is 4. The fraction of sp³-hybridized carbons (Fsp3) is 0.267. The van der Waals surface area contributed by atoms with Gasteiger partial charge in [0.1, 0.15) is 23.8 Å². The first-order valence-electron chi connectivity index (χ1n) is 7.12. The first-order valence-corrected chi connectivity index (χ1v) is 7.12. The second-order valence-electron chi connectivity index (χ2n) is 4.87. The van der Waals surface area contributed by atoms with Crippen LogP contribution >= 0.6 is 0 Å². The molecule has 2 rings (SSSR count). The largest absolute Gasteiger partial charge is 0.494 e. The van der Waals surface area contributed by atoms with Crippen LogP contribution in [-0.4, -0.2) is 50.3 Å². The Bertz CT molecular complexity index is 729. The molecule has 0 spiro atoms. The van der Waals surface area contributed by atoms with E-state index in [0.29, 0.717) is 17.9 Å². The predicted molar refractivity (Wildman–Crippen MR) is 84.0 cm³/mol. The van der Waals surface area contributed by atoms with Crippen molar-refractivity contribution in [3.63, 3.8) is 0 Å². The van der Waals surface area contributed by atoms with Crippen molar-refractivity contribution < 1.29 is 19.4 Å². The summed E-state index contributed by atoms with van der Waals surface area (Å²) in [6.45, 7) is 3.55. The normalized spacial score (nSPS) is 11.5. The highest BCUT2D eigenvalue weighted by molar-refractivity contribution is 5.97. The number of aliphatic carboxylic acids is 1. The Kier molecular flexibility index (Phi) is 5.61. The molecular formula is C15H17N5O4. The van der Waals surface area contributed by atoms with Crippen molar-refractivity contribution in [3.05, 3.63) is 42.7 Å². The van der Waals surface area contributed by atoms with Crippen molar-refractivity contribution in [2.24, 2.45) is 0 Å². The third kappa shape index (κ3) is 3.94. The van der Waals surface area contributed by atoms with Gasteiger partial charge < -0.3 is 15.2 Å². The number of methoxy groups -OCH3 is 1. The van der Waals surface area contributed by atoms with Gasteiger partial charge in [0.25, 0.3) is 5.91 Å². The lowest BCUT2D eigenvalue weighted by molar-refractivity contribution is -0.139. The van der Waals surface area contributed by atoms with Crippen molar-refractivity contribution in [1.29, 1.82) is 0 Å². The number of benzene rings is 1. The zero-order valence-corrected chi connectivity index (χ0v) is 13.0. The molecule has 2 N–H and O–H groups in total. The van der Waals surface area contributed by atoms with Gasteiger partial charge in [-0.05, 0) is 41.5 Å². The predicted octanol–water partition coefficient (Wildman–Crippen LogP) is 0.820. The number of carboxylic acids is 1.